The van der Waals surface area contributed by atoms with Gasteiger partial charge in [-0.3, -0.25) is 9.20 Å². The predicted molar refractivity (Wildman–Crippen MR) is 86.8 cm³/mol. The van der Waals surface area contributed by atoms with Gasteiger partial charge in [0.25, 0.3) is 0 Å². The van der Waals surface area contributed by atoms with Crippen LogP contribution in [0.15, 0.2) is 42.6 Å². The molecule has 0 aliphatic heterocycles. The van der Waals surface area contributed by atoms with Gasteiger partial charge in [-0.2, -0.15) is 0 Å². The highest BCUT2D eigenvalue weighted by molar-refractivity contribution is 6.35. The van der Waals surface area contributed by atoms with Gasteiger partial charge in [-0.25, -0.2) is 4.98 Å². The fourth-order valence-corrected chi connectivity index (χ4v) is 3.25. The normalized spacial score (nSPS) is 14.5. The topological polar surface area (TPSA) is 34.4 Å². The van der Waals surface area contributed by atoms with Gasteiger partial charge in [-0.05, 0) is 49.4 Å². The number of carbonyl (C=O) groups is 1. The first-order chi connectivity index (χ1) is 10.7. The zero-order chi connectivity index (χ0) is 15.3. The highest BCUT2D eigenvalue weighted by Gasteiger charge is 2.31. The molecule has 4 rings (SSSR count). The Morgan fingerprint density at radius 3 is 2.82 bits per heavy atom. The Labute approximate surface area is 133 Å². The molecule has 0 N–H and O–H groups in total. The maximum absolute atomic E-state index is 13.1. The average Bonchev–Trinajstić information content (AvgIpc) is 3.31. The van der Waals surface area contributed by atoms with Crippen molar-refractivity contribution in [3.05, 3.63) is 70.3 Å². The van der Waals surface area contributed by atoms with E-state index >= 15 is 0 Å². The number of nitrogens with zero attached hydrogens (tertiary/aromatic N) is 2. The summed E-state index contributed by atoms with van der Waals surface area (Å²) >= 11 is 6.35. The van der Waals surface area contributed by atoms with Crippen LogP contribution in [0.2, 0.25) is 5.02 Å². The lowest BCUT2D eigenvalue weighted by atomic mass is 9.99. The molecule has 1 saturated carbocycles. The number of hydrogen-bond donors (Lipinski definition) is 0. The largest absolute Gasteiger partial charge is 0.297 e. The van der Waals surface area contributed by atoms with Gasteiger partial charge in [-0.15, -0.1) is 0 Å². The molecule has 22 heavy (non-hydrogen) atoms. The van der Waals surface area contributed by atoms with Crippen LogP contribution < -0.4 is 0 Å². The number of pyridine rings is 1. The summed E-state index contributed by atoms with van der Waals surface area (Å²) in [6.45, 7) is 1.92. The Morgan fingerprint density at radius 2 is 2.05 bits per heavy atom. The van der Waals surface area contributed by atoms with E-state index in [1.54, 1.807) is 6.07 Å². The van der Waals surface area contributed by atoms with Gasteiger partial charge in [0.05, 0.1) is 16.2 Å². The molecule has 2 aromatic heterocycles. The number of hydrogen-bond acceptors (Lipinski definition) is 2. The summed E-state index contributed by atoms with van der Waals surface area (Å²) < 4.78 is 1.84. The molecule has 1 aromatic carbocycles. The monoisotopic (exact) mass is 310 g/mol. The van der Waals surface area contributed by atoms with Crippen molar-refractivity contribution in [3.63, 3.8) is 0 Å². The highest BCUT2D eigenvalue weighted by atomic mass is 35.5. The van der Waals surface area contributed by atoms with E-state index in [9.17, 15) is 4.79 Å². The summed E-state index contributed by atoms with van der Waals surface area (Å²) in [6.07, 6.45) is 4.13. The molecule has 0 radical (unpaired) electrons. The minimum atomic E-state index is -0.0956. The maximum atomic E-state index is 13.1. The molecule has 0 atom stereocenters. The van der Waals surface area contributed by atoms with E-state index in [1.165, 1.54) is 0 Å². The number of aromatic nitrogens is 2. The summed E-state index contributed by atoms with van der Waals surface area (Å²) in [5, 5.41) is 0.514. The molecule has 2 heterocycles. The quantitative estimate of drug-likeness (QED) is 0.672. The molecule has 3 nitrogen and oxygen atoms in total. The number of ketones is 1. The molecule has 0 saturated heterocycles. The van der Waals surface area contributed by atoms with Crippen LogP contribution in [-0.2, 0) is 0 Å². The number of benzene rings is 1. The molecule has 3 aromatic rings. The lowest BCUT2D eigenvalue weighted by Gasteiger charge is -2.09. The van der Waals surface area contributed by atoms with Crippen LogP contribution in [0, 0.1) is 6.92 Å². The van der Waals surface area contributed by atoms with E-state index in [-0.39, 0.29) is 5.78 Å². The Balaban J connectivity index is 1.91. The minimum Gasteiger partial charge on any atom is -0.297 e. The van der Waals surface area contributed by atoms with Crippen molar-refractivity contribution in [2.24, 2.45) is 0 Å². The number of rotatable bonds is 3. The van der Waals surface area contributed by atoms with Gasteiger partial charge < -0.3 is 0 Å². The van der Waals surface area contributed by atoms with Gasteiger partial charge in [0.2, 0.25) is 5.78 Å². The smallest absolute Gasteiger partial charge is 0.230 e. The Bertz CT molecular complexity index is 893. The standard InChI is InChI=1S/C18H15ClN2O/c1-11-15-7-2-3-10-21(15)18(20-11)17(22)16-13(12-8-9-12)5-4-6-14(16)19/h2-7,10,12H,8-9H2,1H3. The molecule has 1 aliphatic carbocycles. The Kier molecular flexibility index (Phi) is 3.05. The van der Waals surface area contributed by atoms with Crippen LogP contribution in [-0.4, -0.2) is 15.2 Å². The summed E-state index contributed by atoms with van der Waals surface area (Å²) in [5.41, 5.74) is 3.47. The van der Waals surface area contributed by atoms with Crippen LogP contribution in [0.25, 0.3) is 5.52 Å². The molecule has 0 unspecified atom stereocenters. The van der Waals surface area contributed by atoms with Crippen LogP contribution in [0.5, 0.6) is 0 Å². The van der Waals surface area contributed by atoms with Crippen LogP contribution in [0.1, 0.15) is 46.2 Å². The van der Waals surface area contributed by atoms with E-state index in [0.29, 0.717) is 22.3 Å². The van der Waals surface area contributed by atoms with Gasteiger partial charge in [0.1, 0.15) is 0 Å². The van der Waals surface area contributed by atoms with Crippen molar-refractivity contribution in [1.29, 1.82) is 0 Å². The van der Waals surface area contributed by atoms with Gasteiger partial charge >= 0.3 is 0 Å². The van der Waals surface area contributed by atoms with E-state index < -0.39 is 0 Å². The first-order valence-electron chi connectivity index (χ1n) is 7.43. The third-order valence-corrected chi connectivity index (χ3v) is 4.54. The van der Waals surface area contributed by atoms with Crippen LogP contribution in [0.3, 0.4) is 0 Å². The molecule has 0 amide bonds. The number of halogens is 1. The third kappa shape index (κ3) is 2.04. The average molecular weight is 311 g/mol. The van der Waals surface area contributed by atoms with E-state index in [0.717, 1.165) is 29.6 Å². The molecular formula is C18H15ClN2O. The third-order valence-electron chi connectivity index (χ3n) is 4.23. The van der Waals surface area contributed by atoms with Gasteiger partial charge in [0, 0.05) is 11.8 Å². The summed E-state index contributed by atoms with van der Waals surface area (Å²) in [5.74, 6) is 0.801. The van der Waals surface area contributed by atoms with E-state index in [4.69, 9.17) is 11.6 Å². The second-order valence-electron chi connectivity index (χ2n) is 5.78. The first kappa shape index (κ1) is 13.5. The lowest BCUT2D eigenvalue weighted by Crippen LogP contribution is -2.10. The van der Waals surface area contributed by atoms with Crippen molar-refractivity contribution in [2.75, 3.05) is 0 Å². The Hall–Kier alpha value is -2.13. The summed E-state index contributed by atoms with van der Waals surface area (Å²) in [6, 6.07) is 11.5. The second kappa shape index (κ2) is 4.96. The number of imidazole rings is 1. The predicted octanol–water partition coefficient (Wildman–Crippen LogP) is 4.40. The van der Waals surface area contributed by atoms with Gasteiger partial charge in [-0.1, -0.05) is 29.8 Å². The second-order valence-corrected chi connectivity index (χ2v) is 6.19. The molecular weight excluding hydrogens is 296 g/mol. The molecule has 1 fully saturated rings. The van der Waals surface area contributed by atoms with E-state index in [2.05, 4.69) is 4.98 Å². The van der Waals surface area contributed by atoms with Crippen LogP contribution >= 0.6 is 11.6 Å². The minimum absolute atomic E-state index is 0.0956. The maximum Gasteiger partial charge on any atom is 0.230 e. The molecule has 4 heteroatoms. The first-order valence-corrected chi connectivity index (χ1v) is 7.81. The van der Waals surface area contributed by atoms with Crippen molar-refractivity contribution >= 4 is 22.9 Å². The van der Waals surface area contributed by atoms with Crippen molar-refractivity contribution in [2.45, 2.75) is 25.7 Å². The Morgan fingerprint density at radius 1 is 1.23 bits per heavy atom. The number of fused-ring (bicyclic) bond motifs is 1. The van der Waals surface area contributed by atoms with Gasteiger partial charge in [0.15, 0.2) is 5.82 Å². The molecule has 0 spiro atoms. The molecule has 0 bridgehead atoms. The molecule has 1 aliphatic rings. The van der Waals surface area contributed by atoms with E-state index in [1.807, 2.05) is 47.9 Å². The summed E-state index contributed by atoms with van der Waals surface area (Å²) in [4.78, 5) is 17.6. The summed E-state index contributed by atoms with van der Waals surface area (Å²) in [7, 11) is 0. The zero-order valence-electron chi connectivity index (χ0n) is 12.2. The lowest BCUT2D eigenvalue weighted by molar-refractivity contribution is 0.102. The van der Waals surface area contributed by atoms with Crippen molar-refractivity contribution < 1.29 is 4.79 Å². The zero-order valence-corrected chi connectivity index (χ0v) is 13.0. The number of aryl methyl sites for hydroxylation is 1. The fourth-order valence-electron chi connectivity index (χ4n) is 2.98. The number of carbonyl (C=O) groups excluding carboxylic acids is 1. The van der Waals surface area contributed by atoms with Crippen molar-refractivity contribution in [1.82, 2.24) is 9.38 Å². The van der Waals surface area contributed by atoms with Crippen LogP contribution in [0.4, 0.5) is 0 Å². The fraction of sp³-hybridized carbons (Fsp3) is 0.222. The highest BCUT2D eigenvalue weighted by Crippen LogP contribution is 2.43. The van der Waals surface area contributed by atoms with Crippen molar-refractivity contribution in [3.8, 4) is 0 Å². The SMILES string of the molecule is Cc1nc(C(=O)c2c(Cl)cccc2C2CC2)n2ccccc12. The molecule has 110 valence electrons.